The van der Waals surface area contributed by atoms with Gasteiger partial charge in [0.1, 0.15) is 36.7 Å². The first-order chi connectivity index (χ1) is 26.9. The second kappa shape index (κ2) is 15.9. The summed E-state index contributed by atoms with van der Waals surface area (Å²) >= 11 is 0. The molecule has 4 N–H and O–H groups in total. The van der Waals surface area contributed by atoms with Crippen molar-refractivity contribution in [2.24, 2.45) is 13.0 Å². The third kappa shape index (κ3) is 8.33. The summed E-state index contributed by atoms with van der Waals surface area (Å²) < 4.78 is 11.4. The highest BCUT2D eigenvalue weighted by atomic mass is 16.3. The Labute approximate surface area is 320 Å². The molecular formula is C38H41N11O7. The molecule has 1 saturated heterocycles. The zero-order valence-electron chi connectivity index (χ0n) is 31.1. The van der Waals surface area contributed by atoms with Crippen molar-refractivity contribution in [2.45, 2.75) is 70.2 Å². The maximum atomic E-state index is 14.3. The number of tetrazole rings is 1. The molecule has 2 aromatic carbocycles. The van der Waals surface area contributed by atoms with Gasteiger partial charge in [-0.2, -0.15) is 4.80 Å². The normalized spacial score (nSPS) is 21.8. The summed E-state index contributed by atoms with van der Waals surface area (Å²) in [6.07, 6.45) is 2.96. The van der Waals surface area contributed by atoms with Gasteiger partial charge in [-0.05, 0) is 48.6 Å². The number of hydrogen-bond acceptors (Lipinski definition) is 12. The molecule has 18 nitrogen and oxygen atoms in total. The number of hydrogen-bond donors (Lipinski definition) is 4. The number of nitrogens with one attached hydrogen (secondary N) is 4. The smallest absolute Gasteiger partial charge is 0.276 e. The van der Waals surface area contributed by atoms with Gasteiger partial charge in [0.2, 0.25) is 29.4 Å². The summed E-state index contributed by atoms with van der Waals surface area (Å²) in [7, 11) is 1.65. The fourth-order valence-electron chi connectivity index (χ4n) is 6.77. The van der Waals surface area contributed by atoms with E-state index in [9.17, 15) is 24.0 Å². The monoisotopic (exact) mass is 763 g/mol. The highest BCUT2D eigenvalue weighted by molar-refractivity contribution is 5.98. The fourth-order valence-corrected chi connectivity index (χ4v) is 6.77. The van der Waals surface area contributed by atoms with Gasteiger partial charge in [0.25, 0.3) is 17.7 Å². The Morgan fingerprint density at radius 1 is 0.893 bits per heavy atom. The number of amides is 5. The molecule has 5 atom stereocenters. The van der Waals surface area contributed by atoms with Crippen molar-refractivity contribution in [1.29, 1.82) is 0 Å². The highest BCUT2D eigenvalue weighted by Crippen LogP contribution is 2.26. The topological polar surface area (TPSA) is 232 Å². The van der Waals surface area contributed by atoms with E-state index in [1.165, 1.54) is 22.2 Å². The van der Waals surface area contributed by atoms with Crippen LogP contribution in [0.25, 0.3) is 11.4 Å². The van der Waals surface area contributed by atoms with Crippen molar-refractivity contribution in [2.75, 3.05) is 6.54 Å². The van der Waals surface area contributed by atoms with Crippen molar-refractivity contribution in [3.05, 3.63) is 101 Å². The van der Waals surface area contributed by atoms with Crippen LogP contribution in [0.1, 0.15) is 94.4 Å². The maximum absolute atomic E-state index is 14.3. The molecule has 0 aliphatic carbocycles. The van der Waals surface area contributed by atoms with Crippen LogP contribution in [0.3, 0.4) is 0 Å². The molecular weight excluding hydrogens is 722 g/mol. The predicted molar refractivity (Wildman–Crippen MR) is 196 cm³/mol. The lowest BCUT2D eigenvalue weighted by Crippen LogP contribution is -2.48. The summed E-state index contributed by atoms with van der Waals surface area (Å²) in [4.78, 5) is 80.4. The van der Waals surface area contributed by atoms with E-state index in [0.29, 0.717) is 23.4 Å². The van der Waals surface area contributed by atoms with Crippen LogP contribution < -0.4 is 21.3 Å². The number of fused-ring (bicyclic) bond motifs is 5. The lowest BCUT2D eigenvalue weighted by Gasteiger charge is -2.25. The number of carbonyl (C=O) groups excluding carboxylic acids is 5. The first-order valence-corrected chi connectivity index (χ1v) is 18.2. The molecule has 7 rings (SSSR count). The van der Waals surface area contributed by atoms with E-state index in [1.807, 2.05) is 44.2 Å². The van der Waals surface area contributed by atoms with Gasteiger partial charge in [-0.3, -0.25) is 24.0 Å². The molecule has 4 bridgehead atoms. The first kappa shape index (κ1) is 37.6. The van der Waals surface area contributed by atoms with Crippen LogP contribution in [0.15, 0.2) is 76.0 Å². The van der Waals surface area contributed by atoms with Gasteiger partial charge in [0.05, 0.1) is 7.05 Å². The SMILES string of the molecule is CC(C)C[C@H]1NC(=O)c2coc(n2)[C@H](Cc2ccccc2)NC(=O)[C@@H]2C[C@H](NC(=O)c3ccc(-c4nnn(C)n4)cc3)CN2C(=O)c2coc(n2)[C@@H](C)NC1=O. The van der Waals surface area contributed by atoms with Crippen LogP contribution in [-0.4, -0.2) is 89.3 Å². The number of aryl methyl sites for hydroxylation is 1. The van der Waals surface area contributed by atoms with Crippen molar-refractivity contribution in [1.82, 2.24) is 56.3 Å². The quantitative estimate of drug-likeness (QED) is 0.187. The molecule has 56 heavy (non-hydrogen) atoms. The van der Waals surface area contributed by atoms with Crippen LogP contribution >= 0.6 is 0 Å². The maximum Gasteiger partial charge on any atom is 0.276 e. The Morgan fingerprint density at radius 3 is 2.32 bits per heavy atom. The number of nitrogens with zero attached hydrogens (tertiary/aromatic N) is 7. The van der Waals surface area contributed by atoms with Crippen molar-refractivity contribution < 1.29 is 32.8 Å². The van der Waals surface area contributed by atoms with Crippen molar-refractivity contribution >= 4 is 29.5 Å². The van der Waals surface area contributed by atoms with Gasteiger partial charge in [0, 0.05) is 30.1 Å². The molecule has 290 valence electrons. The summed E-state index contributed by atoms with van der Waals surface area (Å²) in [5, 5.41) is 23.5. The number of oxazole rings is 2. The molecule has 0 unspecified atom stereocenters. The van der Waals surface area contributed by atoms with Crippen LogP contribution in [0.4, 0.5) is 0 Å². The van der Waals surface area contributed by atoms with Gasteiger partial charge in [-0.1, -0.05) is 56.3 Å². The minimum Gasteiger partial charge on any atom is -0.446 e. The molecule has 2 aliphatic heterocycles. The number of rotatable bonds is 7. The van der Waals surface area contributed by atoms with Gasteiger partial charge in [-0.15, -0.1) is 10.2 Å². The third-order valence-electron chi connectivity index (χ3n) is 9.56. The zero-order valence-corrected chi connectivity index (χ0v) is 31.1. The average Bonchev–Trinajstić information content (AvgIpc) is 4.01. The van der Waals surface area contributed by atoms with Crippen LogP contribution in [-0.2, 0) is 23.1 Å². The Bertz CT molecular complexity index is 2230. The second-order valence-corrected chi connectivity index (χ2v) is 14.3. The molecule has 5 aromatic rings. The number of aromatic nitrogens is 6. The van der Waals surface area contributed by atoms with Crippen molar-refractivity contribution in [3.63, 3.8) is 0 Å². The molecule has 2 aliphatic rings. The second-order valence-electron chi connectivity index (χ2n) is 14.3. The predicted octanol–water partition coefficient (Wildman–Crippen LogP) is 2.30. The van der Waals surface area contributed by atoms with Crippen LogP contribution in [0, 0.1) is 5.92 Å². The Morgan fingerprint density at radius 2 is 1.61 bits per heavy atom. The van der Waals surface area contributed by atoms with E-state index in [0.717, 1.165) is 5.56 Å². The van der Waals surface area contributed by atoms with Crippen molar-refractivity contribution in [3.8, 4) is 11.4 Å². The summed E-state index contributed by atoms with van der Waals surface area (Å²) in [5.41, 5.74) is 1.69. The van der Waals surface area contributed by atoms with E-state index in [2.05, 4.69) is 46.6 Å². The van der Waals surface area contributed by atoms with E-state index in [4.69, 9.17) is 8.83 Å². The molecule has 0 saturated carbocycles. The Balaban J connectivity index is 1.19. The minimum absolute atomic E-state index is 0.0255. The molecule has 0 radical (unpaired) electrons. The summed E-state index contributed by atoms with van der Waals surface area (Å²) in [6, 6.07) is 11.7. The van der Waals surface area contributed by atoms with E-state index in [-0.39, 0.29) is 48.5 Å². The largest absolute Gasteiger partial charge is 0.446 e. The average molecular weight is 764 g/mol. The first-order valence-electron chi connectivity index (χ1n) is 18.2. The lowest BCUT2D eigenvalue weighted by atomic mass is 10.0. The van der Waals surface area contributed by atoms with Gasteiger partial charge < -0.3 is 35.0 Å². The number of benzene rings is 2. The van der Waals surface area contributed by atoms with Crippen LogP contribution in [0.5, 0.6) is 0 Å². The molecule has 18 heteroatoms. The molecule has 5 heterocycles. The molecule has 3 aromatic heterocycles. The van der Waals surface area contributed by atoms with Crippen LogP contribution in [0.2, 0.25) is 0 Å². The third-order valence-corrected chi connectivity index (χ3v) is 9.56. The number of carbonyl (C=O) groups is 5. The van der Waals surface area contributed by atoms with Gasteiger partial charge in [-0.25, -0.2) is 9.97 Å². The Kier molecular flexibility index (Phi) is 10.7. The lowest BCUT2D eigenvalue weighted by molar-refractivity contribution is -0.126. The van der Waals surface area contributed by atoms with Gasteiger partial charge >= 0.3 is 0 Å². The minimum atomic E-state index is -1.07. The fraction of sp³-hybridized carbons (Fsp3) is 0.368. The molecule has 0 spiro atoms. The standard InChI is InChI=1S/C38H41N11O7/c1-20(2)14-26-33(51)39-21(3)36-44-29(19-55-36)38(54)49-17-25(40-32(50)24-12-10-23(11-13-24)31-45-47-48(4)46-31)16-30(49)35(53)42-27(15-22-8-6-5-7-9-22)37-43-28(18-56-37)34(52)41-26/h5-13,18-21,25-27,30H,14-17H2,1-4H3,(H,39,51)(H,40,50)(H,41,52)(H,42,53)/t21-,25+,26-,27+,30+/m1/s1. The Hall–Kier alpha value is -6.72. The summed E-state index contributed by atoms with van der Waals surface area (Å²) in [6.45, 7) is 5.45. The summed E-state index contributed by atoms with van der Waals surface area (Å²) in [5.74, 6) is -2.14. The highest BCUT2D eigenvalue weighted by Gasteiger charge is 2.43. The van der Waals surface area contributed by atoms with E-state index >= 15 is 0 Å². The molecule has 5 amide bonds. The van der Waals surface area contributed by atoms with E-state index < -0.39 is 59.7 Å². The molecule has 1 fully saturated rings. The van der Waals surface area contributed by atoms with E-state index in [1.54, 1.807) is 38.2 Å². The zero-order chi connectivity index (χ0) is 39.5. The van der Waals surface area contributed by atoms with Gasteiger partial charge in [0.15, 0.2) is 11.4 Å².